The normalized spacial score (nSPS) is 17.5. The van der Waals surface area contributed by atoms with Crippen molar-refractivity contribution in [3.63, 3.8) is 0 Å². The summed E-state index contributed by atoms with van der Waals surface area (Å²) in [6.07, 6.45) is -0.747. The van der Waals surface area contributed by atoms with Gasteiger partial charge in [-0.05, 0) is 12.8 Å². The molecule has 0 unspecified atom stereocenters. The largest absolute Gasteiger partial charge is 0.421 e. The van der Waals surface area contributed by atoms with E-state index in [4.69, 9.17) is 5.73 Å². The Hall–Kier alpha value is -1.33. The van der Waals surface area contributed by atoms with Gasteiger partial charge in [0.25, 0.3) is 0 Å². The number of hydrogen-bond acceptors (Lipinski definition) is 3. The van der Waals surface area contributed by atoms with E-state index in [-0.39, 0.29) is 5.92 Å². The maximum Gasteiger partial charge on any atom is 0.421 e. The van der Waals surface area contributed by atoms with Gasteiger partial charge < -0.3 is 5.73 Å². The van der Waals surface area contributed by atoms with Crippen LogP contribution in [0.15, 0.2) is 6.20 Å². The Morgan fingerprint density at radius 1 is 1.33 bits per heavy atom. The van der Waals surface area contributed by atoms with Crippen LogP contribution in [0.1, 0.15) is 36.6 Å². The van der Waals surface area contributed by atoms with Crippen molar-refractivity contribution < 1.29 is 13.2 Å². The predicted molar refractivity (Wildman–Crippen MR) is 48.0 cm³/mol. The van der Waals surface area contributed by atoms with Gasteiger partial charge in [-0.1, -0.05) is 6.42 Å². The van der Waals surface area contributed by atoms with Crippen molar-refractivity contribution in [2.45, 2.75) is 31.4 Å². The molecule has 1 saturated carbocycles. The van der Waals surface area contributed by atoms with E-state index in [1.807, 2.05) is 0 Å². The quantitative estimate of drug-likeness (QED) is 0.785. The van der Waals surface area contributed by atoms with Crippen LogP contribution >= 0.6 is 0 Å². The Morgan fingerprint density at radius 2 is 2.00 bits per heavy atom. The Balaban J connectivity index is 2.30. The molecular weight excluding hydrogens is 207 g/mol. The first-order valence-electron chi connectivity index (χ1n) is 4.68. The molecule has 0 spiro atoms. The Morgan fingerprint density at radius 3 is 2.40 bits per heavy atom. The minimum atomic E-state index is -4.47. The van der Waals surface area contributed by atoms with Crippen LogP contribution in [0.25, 0.3) is 0 Å². The summed E-state index contributed by atoms with van der Waals surface area (Å²) in [5, 5.41) is 0. The van der Waals surface area contributed by atoms with Gasteiger partial charge in [-0.3, -0.25) is 0 Å². The second-order valence-corrected chi connectivity index (χ2v) is 3.65. The van der Waals surface area contributed by atoms with Gasteiger partial charge in [-0.25, -0.2) is 9.97 Å². The molecule has 1 heterocycles. The summed E-state index contributed by atoms with van der Waals surface area (Å²) in [5.41, 5.74) is 4.30. The molecule has 1 aliphatic carbocycles. The second kappa shape index (κ2) is 3.36. The van der Waals surface area contributed by atoms with Crippen LogP contribution in [0.4, 0.5) is 19.0 Å². The predicted octanol–water partition coefficient (Wildman–Crippen LogP) is 2.35. The first-order chi connectivity index (χ1) is 6.98. The summed E-state index contributed by atoms with van der Waals surface area (Å²) in [6.45, 7) is 0. The third-order valence-corrected chi connectivity index (χ3v) is 2.61. The van der Waals surface area contributed by atoms with Crippen LogP contribution in [-0.4, -0.2) is 9.97 Å². The van der Waals surface area contributed by atoms with Crippen LogP contribution in [0.2, 0.25) is 0 Å². The van der Waals surface area contributed by atoms with E-state index >= 15 is 0 Å². The van der Waals surface area contributed by atoms with Gasteiger partial charge in [-0.2, -0.15) is 13.2 Å². The molecule has 1 aliphatic rings. The number of alkyl halides is 3. The van der Waals surface area contributed by atoms with Crippen LogP contribution in [0, 0.1) is 0 Å². The van der Waals surface area contributed by atoms with Crippen molar-refractivity contribution in [1.82, 2.24) is 9.97 Å². The SMILES string of the molecule is Nc1nc(C2CCC2)ncc1C(F)(F)F. The molecule has 0 radical (unpaired) electrons. The van der Waals surface area contributed by atoms with Crippen molar-refractivity contribution in [3.8, 4) is 0 Å². The van der Waals surface area contributed by atoms with Crippen molar-refractivity contribution >= 4 is 5.82 Å². The van der Waals surface area contributed by atoms with E-state index in [0.29, 0.717) is 5.82 Å². The molecule has 0 bridgehead atoms. The first kappa shape index (κ1) is 10.2. The fourth-order valence-electron chi connectivity index (χ4n) is 1.49. The molecule has 6 heteroatoms. The topological polar surface area (TPSA) is 51.8 Å². The third kappa shape index (κ3) is 1.88. The molecule has 1 aromatic heterocycles. The highest BCUT2D eigenvalue weighted by atomic mass is 19.4. The summed E-state index contributed by atoms with van der Waals surface area (Å²) in [5.74, 6) is 0.153. The minimum Gasteiger partial charge on any atom is -0.383 e. The molecule has 2 N–H and O–H groups in total. The molecule has 1 fully saturated rings. The molecule has 0 aliphatic heterocycles. The molecule has 0 saturated heterocycles. The number of nitrogens with two attached hydrogens (primary N) is 1. The Labute approximate surface area is 84.5 Å². The Bertz CT molecular complexity index is 371. The number of nitrogen functional groups attached to an aromatic ring is 1. The highest BCUT2D eigenvalue weighted by Gasteiger charge is 2.35. The van der Waals surface area contributed by atoms with Crippen molar-refractivity contribution in [2.75, 3.05) is 5.73 Å². The molecule has 15 heavy (non-hydrogen) atoms. The van der Waals surface area contributed by atoms with Crippen LogP contribution < -0.4 is 5.73 Å². The first-order valence-corrected chi connectivity index (χ1v) is 4.68. The average molecular weight is 217 g/mol. The van der Waals surface area contributed by atoms with Crippen molar-refractivity contribution in [1.29, 1.82) is 0 Å². The van der Waals surface area contributed by atoms with E-state index in [2.05, 4.69) is 9.97 Å². The van der Waals surface area contributed by atoms with Gasteiger partial charge in [-0.15, -0.1) is 0 Å². The monoisotopic (exact) mass is 217 g/mol. The fourth-order valence-corrected chi connectivity index (χ4v) is 1.49. The van der Waals surface area contributed by atoms with E-state index < -0.39 is 17.6 Å². The lowest BCUT2D eigenvalue weighted by Gasteiger charge is -2.24. The van der Waals surface area contributed by atoms with E-state index in [9.17, 15) is 13.2 Å². The molecule has 0 amide bonds. The number of anilines is 1. The molecule has 1 aromatic rings. The van der Waals surface area contributed by atoms with Crippen LogP contribution in [0.5, 0.6) is 0 Å². The van der Waals surface area contributed by atoms with Gasteiger partial charge in [0, 0.05) is 12.1 Å². The minimum absolute atomic E-state index is 0.189. The number of rotatable bonds is 1. The third-order valence-electron chi connectivity index (χ3n) is 2.61. The zero-order chi connectivity index (χ0) is 11.1. The molecule has 82 valence electrons. The van der Waals surface area contributed by atoms with Crippen molar-refractivity contribution in [3.05, 3.63) is 17.6 Å². The highest BCUT2D eigenvalue weighted by molar-refractivity contribution is 5.40. The van der Waals surface area contributed by atoms with Gasteiger partial charge in [0.15, 0.2) is 0 Å². The summed E-state index contributed by atoms with van der Waals surface area (Å²) in [4.78, 5) is 7.43. The van der Waals surface area contributed by atoms with E-state index in [1.54, 1.807) is 0 Å². The molecule has 0 aromatic carbocycles. The summed E-state index contributed by atoms with van der Waals surface area (Å²) >= 11 is 0. The van der Waals surface area contributed by atoms with Crippen LogP contribution in [-0.2, 0) is 6.18 Å². The van der Waals surface area contributed by atoms with Crippen LogP contribution in [0.3, 0.4) is 0 Å². The second-order valence-electron chi connectivity index (χ2n) is 3.65. The van der Waals surface area contributed by atoms with E-state index in [1.165, 1.54) is 0 Å². The Kier molecular flexibility index (Phi) is 2.28. The zero-order valence-electron chi connectivity index (χ0n) is 7.88. The molecule has 3 nitrogen and oxygen atoms in total. The van der Waals surface area contributed by atoms with Gasteiger partial charge in [0.2, 0.25) is 0 Å². The smallest absolute Gasteiger partial charge is 0.383 e. The van der Waals surface area contributed by atoms with Gasteiger partial charge in [0.05, 0.1) is 0 Å². The molecular formula is C9H10F3N3. The van der Waals surface area contributed by atoms with Crippen molar-refractivity contribution in [2.24, 2.45) is 0 Å². The maximum atomic E-state index is 12.3. The standard InChI is InChI=1S/C9H10F3N3/c10-9(11,12)6-4-14-8(15-7(6)13)5-2-1-3-5/h4-5H,1-3H2,(H2,13,14,15). The average Bonchev–Trinajstić information content (AvgIpc) is 1.97. The summed E-state index contributed by atoms with van der Waals surface area (Å²) in [6, 6.07) is 0. The number of halogens is 3. The summed E-state index contributed by atoms with van der Waals surface area (Å²) in [7, 11) is 0. The van der Waals surface area contributed by atoms with Gasteiger partial charge in [0.1, 0.15) is 17.2 Å². The number of nitrogens with zero attached hydrogens (tertiary/aromatic N) is 2. The lowest BCUT2D eigenvalue weighted by atomic mass is 9.85. The lowest BCUT2D eigenvalue weighted by Crippen LogP contribution is -2.17. The highest BCUT2D eigenvalue weighted by Crippen LogP contribution is 2.37. The van der Waals surface area contributed by atoms with Gasteiger partial charge >= 0.3 is 6.18 Å². The summed E-state index contributed by atoms with van der Waals surface area (Å²) < 4.78 is 37.0. The molecule has 2 rings (SSSR count). The zero-order valence-corrected chi connectivity index (χ0v) is 7.88. The maximum absolute atomic E-state index is 12.3. The number of hydrogen-bond donors (Lipinski definition) is 1. The van der Waals surface area contributed by atoms with E-state index in [0.717, 1.165) is 25.5 Å². The fraction of sp³-hybridized carbons (Fsp3) is 0.556. The number of aromatic nitrogens is 2. The molecule has 0 atom stereocenters. The lowest BCUT2D eigenvalue weighted by molar-refractivity contribution is -0.137.